The van der Waals surface area contributed by atoms with E-state index in [1.165, 1.54) is 4.57 Å². The Bertz CT molecular complexity index is 2120. The molecule has 6 rings (SSSR count). The number of anilines is 1. The van der Waals surface area contributed by atoms with Crippen LogP contribution in [0.4, 0.5) is 5.82 Å². The van der Waals surface area contributed by atoms with Gasteiger partial charge in [-0.05, 0) is 61.7 Å². The molecule has 0 aliphatic heterocycles. The van der Waals surface area contributed by atoms with Gasteiger partial charge < -0.3 is 11.1 Å². The Kier molecular flexibility index (Phi) is 6.68. The maximum Gasteiger partial charge on any atom is 0.267 e. The number of pyridine rings is 2. The van der Waals surface area contributed by atoms with E-state index in [9.17, 15) is 9.59 Å². The van der Waals surface area contributed by atoms with Crippen LogP contribution in [-0.4, -0.2) is 35.2 Å². The lowest BCUT2D eigenvalue weighted by atomic mass is 10.1. The summed E-state index contributed by atoms with van der Waals surface area (Å²) in [6.07, 6.45) is 5.04. The molecule has 0 saturated carbocycles. The van der Waals surface area contributed by atoms with E-state index in [2.05, 4.69) is 32.2 Å². The number of nitrogens with zero attached hydrogens (tertiary/aromatic N) is 6. The van der Waals surface area contributed by atoms with E-state index in [-0.39, 0.29) is 16.9 Å². The maximum atomic E-state index is 14.2. The molecular formula is C32H26N8O2. The number of hydrogen-bond donors (Lipinski definition) is 2. The monoisotopic (exact) mass is 554 g/mol. The van der Waals surface area contributed by atoms with Gasteiger partial charge >= 0.3 is 0 Å². The molecule has 6 aromatic rings. The quantitative estimate of drug-likeness (QED) is 0.316. The van der Waals surface area contributed by atoms with Crippen molar-refractivity contribution in [3.8, 4) is 17.5 Å². The molecule has 0 fully saturated rings. The normalized spacial score (nSPS) is 11.7. The summed E-state index contributed by atoms with van der Waals surface area (Å²) in [5.74, 6) is 6.05. The van der Waals surface area contributed by atoms with Gasteiger partial charge in [-0.1, -0.05) is 30.2 Å². The van der Waals surface area contributed by atoms with Crippen molar-refractivity contribution in [2.75, 3.05) is 5.73 Å². The number of carbonyl (C=O) groups excluding carboxylic acids is 1. The second kappa shape index (κ2) is 10.6. The third kappa shape index (κ3) is 4.73. The Hall–Kier alpha value is -5.82. The van der Waals surface area contributed by atoms with Crippen molar-refractivity contribution >= 4 is 33.5 Å². The van der Waals surface area contributed by atoms with Crippen LogP contribution in [0.15, 0.2) is 84.0 Å². The number of benzene rings is 2. The molecular weight excluding hydrogens is 528 g/mol. The summed E-state index contributed by atoms with van der Waals surface area (Å²) in [4.78, 5) is 41.3. The zero-order valence-corrected chi connectivity index (χ0v) is 23.2. The van der Waals surface area contributed by atoms with Gasteiger partial charge in [-0.25, -0.2) is 9.97 Å². The van der Waals surface area contributed by atoms with Gasteiger partial charge in [-0.15, -0.1) is 0 Å². The predicted octanol–water partition coefficient (Wildman–Crippen LogP) is 3.84. The summed E-state index contributed by atoms with van der Waals surface area (Å²) < 4.78 is 3.17. The van der Waals surface area contributed by atoms with Crippen molar-refractivity contribution in [3.63, 3.8) is 0 Å². The molecule has 3 N–H and O–H groups in total. The third-order valence-electron chi connectivity index (χ3n) is 6.97. The highest BCUT2D eigenvalue weighted by Gasteiger charge is 2.24. The van der Waals surface area contributed by atoms with Gasteiger partial charge in [0, 0.05) is 36.6 Å². The Morgan fingerprint density at radius 2 is 1.83 bits per heavy atom. The molecule has 1 amide bonds. The van der Waals surface area contributed by atoms with Crippen LogP contribution in [0.2, 0.25) is 0 Å². The minimum atomic E-state index is -0.697. The SMILES string of the molecule is Cc1ccnc2c(C(=O)NC(C)c3nc4cccc(C#Cc5ccn(C)n5)c4c(=O)n3-c3ccccc3)c(N)ncc12. The smallest absolute Gasteiger partial charge is 0.267 e. The molecule has 10 heteroatoms. The number of rotatable bonds is 4. The van der Waals surface area contributed by atoms with Crippen LogP contribution in [0.1, 0.15) is 46.0 Å². The second-order valence-corrected chi connectivity index (χ2v) is 9.87. The van der Waals surface area contributed by atoms with E-state index < -0.39 is 11.9 Å². The number of aromatic nitrogens is 6. The average molecular weight is 555 g/mol. The maximum absolute atomic E-state index is 14.2. The largest absolute Gasteiger partial charge is 0.383 e. The molecule has 1 unspecified atom stereocenters. The molecule has 10 nitrogen and oxygen atoms in total. The lowest BCUT2D eigenvalue weighted by Crippen LogP contribution is -2.34. The first-order valence-electron chi connectivity index (χ1n) is 13.2. The van der Waals surface area contributed by atoms with Crippen LogP contribution in [0.3, 0.4) is 0 Å². The van der Waals surface area contributed by atoms with E-state index in [1.807, 2.05) is 50.4 Å². The molecule has 4 aromatic heterocycles. The van der Waals surface area contributed by atoms with Crippen LogP contribution in [0.25, 0.3) is 27.5 Å². The fraction of sp³-hybridized carbons (Fsp3) is 0.125. The van der Waals surface area contributed by atoms with Crippen molar-refractivity contribution in [1.82, 2.24) is 34.6 Å². The molecule has 0 aliphatic rings. The fourth-order valence-corrected chi connectivity index (χ4v) is 4.89. The predicted molar refractivity (Wildman–Crippen MR) is 161 cm³/mol. The Labute approximate surface area is 240 Å². The number of nitrogen functional groups attached to an aromatic ring is 1. The van der Waals surface area contributed by atoms with Gasteiger partial charge in [0.15, 0.2) is 0 Å². The molecule has 206 valence electrons. The number of para-hydroxylation sites is 1. The molecule has 0 radical (unpaired) electrons. The molecule has 42 heavy (non-hydrogen) atoms. The summed E-state index contributed by atoms with van der Waals surface area (Å²) in [5, 5.41) is 8.37. The van der Waals surface area contributed by atoms with Crippen LogP contribution in [0.5, 0.6) is 0 Å². The number of nitrogens with one attached hydrogen (secondary N) is 1. The summed E-state index contributed by atoms with van der Waals surface area (Å²) >= 11 is 0. The minimum absolute atomic E-state index is 0.0633. The standard InChI is InChI=1S/C32H26N8O2/c1-19-14-16-34-28-24(19)18-35-29(33)27(28)31(41)36-20(2)30-37-25-11-7-8-21(12-13-22-15-17-39(3)38-22)26(25)32(42)40(30)23-9-5-4-6-10-23/h4-11,14-18,20H,1-3H3,(H2,33,35)(H,36,41). The molecule has 4 heterocycles. The highest BCUT2D eigenvalue weighted by Crippen LogP contribution is 2.25. The van der Waals surface area contributed by atoms with Crippen molar-refractivity contribution in [3.05, 3.63) is 118 Å². The Morgan fingerprint density at radius 1 is 1.02 bits per heavy atom. The Balaban J connectivity index is 1.48. The van der Waals surface area contributed by atoms with E-state index >= 15 is 0 Å². The van der Waals surface area contributed by atoms with Crippen molar-refractivity contribution in [2.45, 2.75) is 19.9 Å². The van der Waals surface area contributed by atoms with Crippen molar-refractivity contribution in [2.24, 2.45) is 7.05 Å². The first kappa shape index (κ1) is 26.4. The van der Waals surface area contributed by atoms with Crippen molar-refractivity contribution in [1.29, 1.82) is 0 Å². The van der Waals surface area contributed by atoms with Gasteiger partial charge in [-0.2, -0.15) is 5.10 Å². The number of carbonyl (C=O) groups is 1. The minimum Gasteiger partial charge on any atom is -0.383 e. The molecule has 0 bridgehead atoms. The zero-order chi connectivity index (χ0) is 29.4. The molecule has 2 aromatic carbocycles. The van der Waals surface area contributed by atoms with Crippen molar-refractivity contribution < 1.29 is 4.79 Å². The molecule has 0 saturated heterocycles. The van der Waals surface area contributed by atoms with E-state index in [1.54, 1.807) is 54.5 Å². The average Bonchev–Trinajstić information content (AvgIpc) is 3.41. The molecule has 0 spiro atoms. The zero-order valence-electron chi connectivity index (χ0n) is 23.2. The van der Waals surface area contributed by atoms with E-state index in [0.29, 0.717) is 39.2 Å². The summed E-state index contributed by atoms with van der Waals surface area (Å²) in [7, 11) is 1.82. The summed E-state index contributed by atoms with van der Waals surface area (Å²) in [6, 6.07) is 17.5. The van der Waals surface area contributed by atoms with Gasteiger partial charge in [0.2, 0.25) is 0 Å². The first-order chi connectivity index (χ1) is 20.3. The van der Waals surface area contributed by atoms with Gasteiger partial charge in [-0.3, -0.25) is 23.8 Å². The van der Waals surface area contributed by atoms with Crippen LogP contribution in [-0.2, 0) is 7.05 Å². The lowest BCUT2D eigenvalue weighted by Gasteiger charge is -2.20. The highest BCUT2D eigenvalue weighted by molar-refractivity contribution is 6.09. The van der Waals surface area contributed by atoms with Gasteiger partial charge in [0.25, 0.3) is 11.5 Å². The lowest BCUT2D eigenvalue weighted by molar-refractivity contribution is 0.0940. The number of aryl methyl sites for hydroxylation is 2. The van der Waals surface area contributed by atoms with Crippen LogP contribution >= 0.6 is 0 Å². The van der Waals surface area contributed by atoms with Crippen LogP contribution < -0.4 is 16.6 Å². The number of fused-ring (bicyclic) bond motifs is 2. The molecule has 1 atom stereocenters. The molecule has 0 aliphatic carbocycles. The topological polar surface area (TPSA) is 134 Å². The van der Waals surface area contributed by atoms with E-state index in [0.717, 1.165) is 10.9 Å². The van der Waals surface area contributed by atoms with Crippen LogP contribution in [0, 0.1) is 18.8 Å². The Morgan fingerprint density at radius 3 is 2.60 bits per heavy atom. The fourth-order valence-electron chi connectivity index (χ4n) is 4.89. The summed E-state index contributed by atoms with van der Waals surface area (Å²) in [6.45, 7) is 3.68. The van der Waals surface area contributed by atoms with Gasteiger partial charge in [0.05, 0.1) is 28.1 Å². The van der Waals surface area contributed by atoms with Gasteiger partial charge in [0.1, 0.15) is 22.9 Å². The summed E-state index contributed by atoms with van der Waals surface area (Å²) in [5.41, 5.74) is 9.57. The second-order valence-electron chi connectivity index (χ2n) is 9.87. The number of nitrogens with two attached hydrogens (primary N) is 1. The number of hydrogen-bond acceptors (Lipinski definition) is 7. The first-order valence-corrected chi connectivity index (χ1v) is 13.2. The number of amides is 1. The third-order valence-corrected chi connectivity index (χ3v) is 6.97. The van der Waals surface area contributed by atoms with E-state index in [4.69, 9.17) is 10.7 Å². The highest BCUT2D eigenvalue weighted by atomic mass is 16.2.